The van der Waals surface area contributed by atoms with E-state index >= 15 is 0 Å². The average molecular weight is 216 g/mol. The van der Waals surface area contributed by atoms with Crippen LogP contribution >= 0.6 is 0 Å². The first-order valence-corrected chi connectivity index (χ1v) is 5.47. The second kappa shape index (κ2) is 4.05. The molecule has 0 saturated heterocycles. The van der Waals surface area contributed by atoms with Gasteiger partial charge < -0.3 is 9.84 Å². The third-order valence-corrected chi connectivity index (χ3v) is 3.01. The van der Waals surface area contributed by atoms with Gasteiger partial charge in [-0.25, -0.2) is 0 Å². The van der Waals surface area contributed by atoms with Crippen LogP contribution < -0.4 is 4.74 Å². The predicted octanol–water partition coefficient (Wildman–Crippen LogP) is 3.42. The zero-order valence-electron chi connectivity index (χ0n) is 9.87. The molecule has 0 heterocycles. The minimum Gasteiger partial charge on any atom is -0.507 e. The number of hydrogen-bond donors (Lipinski definition) is 1. The van der Waals surface area contributed by atoms with Gasteiger partial charge in [-0.15, -0.1) is 0 Å². The maximum atomic E-state index is 10.2. The molecule has 2 aromatic carbocycles. The number of phenols is 1. The van der Waals surface area contributed by atoms with Gasteiger partial charge >= 0.3 is 0 Å². The van der Waals surface area contributed by atoms with Crippen LogP contribution in [0, 0.1) is 6.92 Å². The molecule has 0 bridgehead atoms. The highest BCUT2D eigenvalue weighted by molar-refractivity contribution is 5.93. The van der Waals surface area contributed by atoms with Crippen molar-refractivity contribution < 1.29 is 9.84 Å². The highest BCUT2D eigenvalue weighted by Crippen LogP contribution is 2.37. The average Bonchev–Trinajstić information content (AvgIpc) is 2.30. The molecule has 0 aliphatic heterocycles. The maximum Gasteiger partial charge on any atom is 0.130 e. The van der Waals surface area contributed by atoms with Crippen molar-refractivity contribution in [3.05, 3.63) is 35.4 Å². The van der Waals surface area contributed by atoms with Crippen LogP contribution in [0.4, 0.5) is 0 Å². The van der Waals surface area contributed by atoms with E-state index in [-0.39, 0.29) is 0 Å². The number of ether oxygens (including phenoxy) is 1. The summed E-state index contributed by atoms with van der Waals surface area (Å²) in [6, 6.07) is 7.94. The minimum atomic E-state index is 0.348. The van der Waals surface area contributed by atoms with E-state index in [9.17, 15) is 5.11 Å². The summed E-state index contributed by atoms with van der Waals surface area (Å²) in [4.78, 5) is 0. The summed E-state index contributed by atoms with van der Waals surface area (Å²) in [6.07, 6.45) is 0.763. The molecular weight excluding hydrogens is 200 g/mol. The number of hydrogen-bond acceptors (Lipinski definition) is 2. The number of phenolic OH excluding ortho intramolecular Hbond substituents is 1. The van der Waals surface area contributed by atoms with Gasteiger partial charge in [-0.2, -0.15) is 0 Å². The molecule has 0 spiro atoms. The lowest BCUT2D eigenvalue weighted by molar-refractivity contribution is 0.402. The fourth-order valence-electron chi connectivity index (χ4n) is 2.10. The van der Waals surface area contributed by atoms with Crippen molar-refractivity contribution in [2.45, 2.75) is 20.3 Å². The normalized spacial score (nSPS) is 10.7. The molecule has 0 aliphatic carbocycles. The molecule has 16 heavy (non-hydrogen) atoms. The first-order chi connectivity index (χ1) is 7.69. The summed E-state index contributed by atoms with van der Waals surface area (Å²) in [5, 5.41) is 12.2. The summed E-state index contributed by atoms with van der Waals surface area (Å²) < 4.78 is 5.32. The minimum absolute atomic E-state index is 0.348. The first kappa shape index (κ1) is 10.8. The number of benzene rings is 2. The monoisotopic (exact) mass is 216 g/mol. The Morgan fingerprint density at radius 3 is 2.62 bits per heavy atom. The number of methoxy groups -OCH3 is 1. The van der Waals surface area contributed by atoms with E-state index in [1.807, 2.05) is 38.1 Å². The van der Waals surface area contributed by atoms with Crippen LogP contribution in [0.5, 0.6) is 11.5 Å². The van der Waals surface area contributed by atoms with Crippen molar-refractivity contribution in [2.75, 3.05) is 7.11 Å². The Morgan fingerprint density at radius 1 is 1.25 bits per heavy atom. The standard InChI is InChI=1S/C14H16O2/c1-4-10-13(16-3)8-12-9(2)6-5-7-11(12)14(10)15/h5-8,15H,4H2,1-3H3. The largest absolute Gasteiger partial charge is 0.507 e. The Bertz CT molecular complexity index is 530. The topological polar surface area (TPSA) is 29.5 Å². The molecule has 2 aromatic rings. The van der Waals surface area contributed by atoms with Crippen LogP contribution in [-0.2, 0) is 6.42 Å². The number of rotatable bonds is 2. The van der Waals surface area contributed by atoms with Crippen molar-refractivity contribution in [1.29, 1.82) is 0 Å². The van der Waals surface area contributed by atoms with Crippen molar-refractivity contribution in [1.82, 2.24) is 0 Å². The van der Waals surface area contributed by atoms with Crippen molar-refractivity contribution >= 4 is 10.8 Å². The number of aromatic hydroxyl groups is 1. The van der Waals surface area contributed by atoms with Gasteiger partial charge in [0.15, 0.2) is 0 Å². The van der Waals surface area contributed by atoms with Gasteiger partial charge in [0.2, 0.25) is 0 Å². The molecule has 0 aliphatic rings. The van der Waals surface area contributed by atoms with Crippen LogP contribution in [0.1, 0.15) is 18.1 Å². The molecule has 2 nitrogen and oxygen atoms in total. The van der Waals surface area contributed by atoms with Gasteiger partial charge in [0.1, 0.15) is 11.5 Å². The van der Waals surface area contributed by atoms with Crippen LogP contribution in [0.25, 0.3) is 10.8 Å². The molecule has 1 N–H and O–H groups in total. The summed E-state index contributed by atoms with van der Waals surface area (Å²) >= 11 is 0. The summed E-state index contributed by atoms with van der Waals surface area (Å²) in [5.74, 6) is 1.11. The Labute approximate surface area is 95.5 Å². The van der Waals surface area contributed by atoms with E-state index in [0.717, 1.165) is 34.1 Å². The van der Waals surface area contributed by atoms with E-state index < -0.39 is 0 Å². The Hall–Kier alpha value is -1.70. The smallest absolute Gasteiger partial charge is 0.130 e. The number of fused-ring (bicyclic) bond motifs is 1. The van der Waals surface area contributed by atoms with Gasteiger partial charge in [-0.05, 0) is 30.4 Å². The summed E-state index contributed by atoms with van der Waals surface area (Å²) in [5.41, 5.74) is 2.02. The molecule has 0 aromatic heterocycles. The van der Waals surface area contributed by atoms with E-state index in [1.165, 1.54) is 0 Å². The molecule has 0 saturated carbocycles. The number of aryl methyl sites for hydroxylation is 1. The zero-order chi connectivity index (χ0) is 11.7. The van der Waals surface area contributed by atoms with E-state index in [0.29, 0.717) is 5.75 Å². The SMILES string of the molecule is CCc1c(OC)cc2c(C)cccc2c1O. The summed E-state index contributed by atoms with van der Waals surface area (Å²) in [6.45, 7) is 4.05. The van der Waals surface area contributed by atoms with E-state index in [2.05, 4.69) is 0 Å². The molecule has 0 fully saturated rings. The lowest BCUT2D eigenvalue weighted by Crippen LogP contribution is -1.93. The maximum absolute atomic E-state index is 10.2. The lowest BCUT2D eigenvalue weighted by Gasteiger charge is -2.13. The fraction of sp³-hybridized carbons (Fsp3) is 0.286. The lowest BCUT2D eigenvalue weighted by atomic mass is 9.99. The Balaban J connectivity index is 2.87. The molecule has 0 atom stereocenters. The Kier molecular flexibility index (Phi) is 2.73. The molecule has 2 rings (SSSR count). The first-order valence-electron chi connectivity index (χ1n) is 5.47. The van der Waals surface area contributed by atoms with Crippen LogP contribution in [-0.4, -0.2) is 12.2 Å². The van der Waals surface area contributed by atoms with E-state index in [1.54, 1.807) is 7.11 Å². The van der Waals surface area contributed by atoms with Gasteiger partial charge in [0.25, 0.3) is 0 Å². The van der Waals surface area contributed by atoms with Crippen LogP contribution in [0.15, 0.2) is 24.3 Å². The third-order valence-electron chi connectivity index (χ3n) is 3.01. The highest BCUT2D eigenvalue weighted by Gasteiger charge is 2.12. The van der Waals surface area contributed by atoms with Gasteiger partial charge in [-0.3, -0.25) is 0 Å². The Morgan fingerprint density at radius 2 is 2.00 bits per heavy atom. The van der Waals surface area contributed by atoms with Gasteiger partial charge in [0, 0.05) is 10.9 Å². The van der Waals surface area contributed by atoms with E-state index in [4.69, 9.17) is 4.74 Å². The third kappa shape index (κ3) is 1.51. The molecule has 0 radical (unpaired) electrons. The summed E-state index contributed by atoms with van der Waals surface area (Å²) in [7, 11) is 1.64. The fourth-order valence-corrected chi connectivity index (χ4v) is 2.10. The van der Waals surface area contributed by atoms with Crippen molar-refractivity contribution in [2.24, 2.45) is 0 Å². The van der Waals surface area contributed by atoms with Gasteiger partial charge in [0.05, 0.1) is 7.11 Å². The van der Waals surface area contributed by atoms with Crippen molar-refractivity contribution in [3.8, 4) is 11.5 Å². The molecule has 0 amide bonds. The molecule has 0 unspecified atom stereocenters. The van der Waals surface area contributed by atoms with Crippen molar-refractivity contribution in [3.63, 3.8) is 0 Å². The van der Waals surface area contributed by atoms with Gasteiger partial charge in [-0.1, -0.05) is 25.1 Å². The zero-order valence-corrected chi connectivity index (χ0v) is 9.87. The predicted molar refractivity (Wildman–Crippen MR) is 66.3 cm³/mol. The highest BCUT2D eigenvalue weighted by atomic mass is 16.5. The van der Waals surface area contributed by atoms with Crippen LogP contribution in [0.2, 0.25) is 0 Å². The van der Waals surface area contributed by atoms with Crippen LogP contribution in [0.3, 0.4) is 0 Å². The quantitative estimate of drug-likeness (QED) is 0.833. The molecule has 84 valence electrons. The second-order valence-electron chi connectivity index (χ2n) is 3.93. The second-order valence-corrected chi connectivity index (χ2v) is 3.93. The molecular formula is C14H16O2. The molecule has 2 heteroatoms.